The number of ether oxygens (including phenoxy) is 1. The lowest BCUT2D eigenvalue weighted by molar-refractivity contribution is 0.110. The lowest BCUT2D eigenvalue weighted by Gasteiger charge is -2.34. The quantitative estimate of drug-likeness (QED) is 0.826. The molecule has 1 saturated heterocycles. The summed E-state index contributed by atoms with van der Waals surface area (Å²) in [7, 11) is 1.69. The van der Waals surface area contributed by atoms with E-state index in [1.54, 1.807) is 7.11 Å². The highest BCUT2D eigenvalue weighted by Crippen LogP contribution is 2.20. The Balaban J connectivity index is 2.03. The van der Waals surface area contributed by atoms with Gasteiger partial charge in [0, 0.05) is 32.2 Å². The fraction of sp³-hybridized carbons (Fsp3) is 0.600. The molecular weight excluding hydrogens is 240 g/mol. The van der Waals surface area contributed by atoms with Crippen molar-refractivity contribution in [3.63, 3.8) is 0 Å². The summed E-state index contributed by atoms with van der Waals surface area (Å²) in [6.07, 6.45) is 0.890. The minimum absolute atomic E-state index is 0.213. The fourth-order valence-electron chi connectivity index (χ4n) is 2.70. The van der Waals surface area contributed by atoms with Crippen LogP contribution in [-0.2, 0) is 6.42 Å². The van der Waals surface area contributed by atoms with E-state index in [-0.39, 0.29) is 12.6 Å². The van der Waals surface area contributed by atoms with Gasteiger partial charge in [-0.1, -0.05) is 12.1 Å². The SMILES string of the molecule is COc1ccc(CC(CO)N2CCNCC2)cc1C. The maximum absolute atomic E-state index is 9.62. The number of aliphatic hydroxyl groups is 1. The number of benzene rings is 1. The van der Waals surface area contributed by atoms with Crippen LogP contribution >= 0.6 is 0 Å². The second kappa shape index (κ2) is 6.89. The van der Waals surface area contributed by atoms with Crippen LogP contribution in [0, 0.1) is 6.92 Å². The number of nitrogens with zero attached hydrogens (tertiary/aromatic N) is 1. The van der Waals surface area contributed by atoms with Gasteiger partial charge < -0.3 is 15.2 Å². The Bertz CT molecular complexity index is 403. The smallest absolute Gasteiger partial charge is 0.121 e. The number of nitrogens with one attached hydrogen (secondary N) is 1. The highest BCUT2D eigenvalue weighted by molar-refractivity contribution is 5.36. The van der Waals surface area contributed by atoms with Crippen LogP contribution in [0.15, 0.2) is 18.2 Å². The molecule has 0 amide bonds. The summed E-state index contributed by atoms with van der Waals surface area (Å²) < 4.78 is 5.28. The van der Waals surface area contributed by atoms with E-state index in [0.29, 0.717) is 0 Å². The Morgan fingerprint density at radius 2 is 2.11 bits per heavy atom. The van der Waals surface area contributed by atoms with Crippen molar-refractivity contribution in [2.24, 2.45) is 0 Å². The monoisotopic (exact) mass is 264 g/mol. The Hall–Kier alpha value is -1.10. The van der Waals surface area contributed by atoms with Crippen molar-refractivity contribution < 1.29 is 9.84 Å². The molecule has 0 bridgehead atoms. The number of hydrogen-bond donors (Lipinski definition) is 2. The first-order valence-corrected chi connectivity index (χ1v) is 6.93. The number of rotatable bonds is 5. The van der Waals surface area contributed by atoms with E-state index in [1.165, 1.54) is 5.56 Å². The Labute approximate surface area is 115 Å². The lowest BCUT2D eigenvalue weighted by Crippen LogP contribution is -2.50. The van der Waals surface area contributed by atoms with Crippen molar-refractivity contribution in [1.82, 2.24) is 10.2 Å². The molecule has 1 aliphatic rings. The van der Waals surface area contributed by atoms with Gasteiger partial charge in [0.15, 0.2) is 0 Å². The van der Waals surface area contributed by atoms with E-state index in [2.05, 4.69) is 29.3 Å². The number of methoxy groups -OCH3 is 1. The largest absolute Gasteiger partial charge is 0.496 e. The van der Waals surface area contributed by atoms with Gasteiger partial charge in [-0.15, -0.1) is 0 Å². The third kappa shape index (κ3) is 3.69. The van der Waals surface area contributed by atoms with Crippen LogP contribution in [0.25, 0.3) is 0 Å². The van der Waals surface area contributed by atoms with Gasteiger partial charge in [0.05, 0.1) is 13.7 Å². The molecule has 1 fully saturated rings. The number of aliphatic hydroxyl groups excluding tert-OH is 1. The van der Waals surface area contributed by atoms with Gasteiger partial charge in [-0.3, -0.25) is 4.90 Å². The van der Waals surface area contributed by atoms with Crippen LogP contribution in [-0.4, -0.2) is 55.9 Å². The summed E-state index contributed by atoms with van der Waals surface area (Å²) in [5, 5.41) is 13.0. The predicted octanol–water partition coefficient (Wildman–Crippen LogP) is 0.812. The van der Waals surface area contributed by atoms with Crippen LogP contribution in [0.2, 0.25) is 0 Å². The van der Waals surface area contributed by atoms with Crippen LogP contribution < -0.4 is 10.1 Å². The first-order valence-electron chi connectivity index (χ1n) is 6.93. The summed E-state index contributed by atoms with van der Waals surface area (Å²) in [4.78, 5) is 2.37. The summed E-state index contributed by atoms with van der Waals surface area (Å²) in [5.74, 6) is 0.923. The van der Waals surface area contributed by atoms with Gasteiger partial charge in [-0.2, -0.15) is 0 Å². The highest BCUT2D eigenvalue weighted by Gasteiger charge is 2.20. The second-order valence-electron chi connectivity index (χ2n) is 5.13. The van der Waals surface area contributed by atoms with Gasteiger partial charge in [-0.25, -0.2) is 0 Å². The van der Waals surface area contributed by atoms with Crippen molar-refractivity contribution in [2.75, 3.05) is 39.9 Å². The third-order valence-electron chi connectivity index (χ3n) is 3.81. The molecule has 2 N–H and O–H groups in total. The van der Waals surface area contributed by atoms with Crippen LogP contribution in [0.1, 0.15) is 11.1 Å². The van der Waals surface area contributed by atoms with Crippen LogP contribution in [0.3, 0.4) is 0 Å². The van der Waals surface area contributed by atoms with Crippen LogP contribution in [0.4, 0.5) is 0 Å². The molecular formula is C15H24N2O2. The third-order valence-corrected chi connectivity index (χ3v) is 3.81. The zero-order valence-electron chi connectivity index (χ0n) is 11.9. The Kier molecular flexibility index (Phi) is 5.19. The molecule has 19 heavy (non-hydrogen) atoms. The summed E-state index contributed by atoms with van der Waals surface area (Å²) in [6.45, 7) is 6.32. The minimum Gasteiger partial charge on any atom is -0.496 e. The fourth-order valence-corrected chi connectivity index (χ4v) is 2.70. The standard InChI is InChI=1S/C15H24N2O2/c1-12-9-13(3-4-15(12)19-2)10-14(11-18)17-7-5-16-6-8-17/h3-4,9,14,16,18H,5-8,10-11H2,1-2H3. The summed E-state index contributed by atoms with van der Waals surface area (Å²) >= 11 is 0. The van der Waals surface area contributed by atoms with Gasteiger partial charge in [0.2, 0.25) is 0 Å². The van der Waals surface area contributed by atoms with E-state index in [9.17, 15) is 5.11 Å². The van der Waals surface area contributed by atoms with Crippen molar-refractivity contribution >= 4 is 0 Å². The number of piperazine rings is 1. The molecule has 106 valence electrons. The minimum atomic E-state index is 0.213. The molecule has 1 heterocycles. The average molecular weight is 264 g/mol. The first kappa shape index (κ1) is 14.3. The van der Waals surface area contributed by atoms with Gasteiger partial charge in [0.25, 0.3) is 0 Å². The zero-order chi connectivity index (χ0) is 13.7. The molecule has 0 radical (unpaired) electrons. The maximum Gasteiger partial charge on any atom is 0.121 e. The van der Waals surface area contributed by atoms with Crippen molar-refractivity contribution in [1.29, 1.82) is 0 Å². The summed E-state index contributed by atoms with van der Waals surface area (Å²) in [5.41, 5.74) is 2.41. The topological polar surface area (TPSA) is 44.7 Å². The van der Waals surface area contributed by atoms with Crippen molar-refractivity contribution in [2.45, 2.75) is 19.4 Å². The normalized spacial score (nSPS) is 18.3. The molecule has 1 aliphatic heterocycles. The van der Waals surface area contributed by atoms with Gasteiger partial charge in [0.1, 0.15) is 5.75 Å². The van der Waals surface area contributed by atoms with Crippen molar-refractivity contribution in [3.8, 4) is 5.75 Å². The number of aryl methyl sites for hydroxylation is 1. The number of hydrogen-bond acceptors (Lipinski definition) is 4. The van der Waals surface area contributed by atoms with Crippen LogP contribution in [0.5, 0.6) is 5.75 Å². The maximum atomic E-state index is 9.62. The molecule has 4 heteroatoms. The Morgan fingerprint density at radius 1 is 1.37 bits per heavy atom. The van der Waals surface area contributed by atoms with E-state index in [0.717, 1.165) is 43.9 Å². The molecule has 1 aromatic carbocycles. The molecule has 0 aliphatic carbocycles. The lowest BCUT2D eigenvalue weighted by atomic mass is 10.0. The molecule has 0 aromatic heterocycles. The van der Waals surface area contributed by atoms with E-state index < -0.39 is 0 Å². The van der Waals surface area contributed by atoms with E-state index in [4.69, 9.17) is 4.74 Å². The van der Waals surface area contributed by atoms with Gasteiger partial charge >= 0.3 is 0 Å². The Morgan fingerprint density at radius 3 is 2.68 bits per heavy atom. The molecule has 1 unspecified atom stereocenters. The molecule has 1 aromatic rings. The molecule has 1 atom stereocenters. The second-order valence-corrected chi connectivity index (χ2v) is 5.13. The van der Waals surface area contributed by atoms with Gasteiger partial charge in [-0.05, 0) is 30.5 Å². The highest BCUT2D eigenvalue weighted by atomic mass is 16.5. The zero-order valence-corrected chi connectivity index (χ0v) is 11.9. The molecule has 2 rings (SSSR count). The molecule has 0 spiro atoms. The van der Waals surface area contributed by atoms with Crippen molar-refractivity contribution in [3.05, 3.63) is 29.3 Å². The average Bonchev–Trinajstić information content (AvgIpc) is 2.46. The molecule has 4 nitrogen and oxygen atoms in total. The van der Waals surface area contributed by atoms with E-state index in [1.807, 2.05) is 6.07 Å². The molecule has 0 saturated carbocycles. The van der Waals surface area contributed by atoms with E-state index >= 15 is 0 Å². The predicted molar refractivity (Wildman–Crippen MR) is 76.8 cm³/mol. The first-order chi connectivity index (χ1) is 9.24. The summed E-state index contributed by atoms with van der Waals surface area (Å²) in [6, 6.07) is 6.48.